The molecule has 7 nitrogen and oxygen atoms in total. The van der Waals surface area contributed by atoms with Gasteiger partial charge in [0.2, 0.25) is 11.8 Å². The van der Waals surface area contributed by atoms with Crippen LogP contribution in [0.1, 0.15) is 60.7 Å². The third kappa shape index (κ3) is 6.39. The highest BCUT2D eigenvalue weighted by Crippen LogP contribution is 2.34. The first-order valence-corrected chi connectivity index (χ1v) is 11.1. The predicted octanol–water partition coefficient (Wildman–Crippen LogP) is 4.88. The van der Waals surface area contributed by atoms with Crippen LogP contribution in [0.25, 0.3) is 6.08 Å². The number of benzene rings is 1. The van der Waals surface area contributed by atoms with Gasteiger partial charge in [0.05, 0.1) is 12.3 Å². The molecule has 10 heteroatoms. The number of carbonyl (C=O) groups is 2. The van der Waals surface area contributed by atoms with Crippen LogP contribution in [-0.4, -0.2) is 46.2 Å². The van der Waals surface area contributed by atoms with Crippen LogP contribution in [0, 0.1) is 6.92 Å². The molecule has 0 radical (unpaired) electrons. The lowest BCUT2D eigenvalue weighted by Gasteiger charge is -2.35. The van der Waals surface area contributed by atoms with E-state index in [0.717, 1.165) is 23.4 Å². The summed E-state index contributed by atoms with van der Waals surface area (Å²) in [6, 6.07) is 3.34. The molecule has 3 rings (SSSR count). The van der Waals surface area contributed by atoms with Gasteiger partial charge in [-0.3, -0.25) is 4.79 Å². The second-order valence-electron chi connectivity index (χ2n) is 8.07. The van der Waals surface area contributed by atoms with Crippen molar-refractivity contribution in [3.05, 3.63) is 52.7 Å². The molecule has 1 N–H and O–H groups in total. The molecule has 34 heavy (non-hydrogen) atoms. The quantitative estimate of drug-likeness (QED) is 0.550. The van der Waals surface area contributed by atoms with Crippen LogP contribution in [0.3, 0.4) is 0 Å². The van der Waals surface area contributed by atoms with E-state index < -0.39 is 30.5 Å². The van der Waals surface area contributed by atoms with Crippen molar-refractivity contribution >= 4 is 18.0 Å². The molecule has 2 aromatic rings. The maximum Gasteiger partial charge on any atom is 0.397 e. The Hall–Kier alpha value is -3.30. The summed E-state index contributed by atoms with van der Waals surface area (Å²) >= 11 is 0. The zero-order chi connectivity index (χ0) is 24.9. The Morgan fingerprint density at radius 3 is 2.79 bits per heavy atom. The van der Waals surface area contributed by atoms with Crippen LogP contribution in [-0.2, 0) is 22.4 Å². The number of oxazole rings is 1. The van der Waals surface area contributed by atoms with Gasteiger partial charge in [0.25, 0.3) is 0 Å². The van der Waals surface area contributed by atoms with Crippen LogP contribution >= 0.6 is 0 Å². The van der Waals surface area contributed by atoms with E-state index in [1.165, 1.54) is 6.07 Å². The van der Waals surface area contributed by atoms with Gasteiger partial charge in [-0.2, -0.15) is 13.2 Å². The standard InChI is InChI=1S/C24H27F3N2O5/c1-3-4-5-6-20-28-19(15(2)34-20)10-12-33-17-8-7-16-9-11-29(21(30)14-24(25,26)27)22(23(31)32)18(16)13-17/h5-8,13,22H,3-4,9-12,14H2,1-2H3,(H,31,32). The number of aliphatic carboxylic acids is 1. The van der Waals surface area contributed by atoms with Crippen molar-refractivity contribution in [2.24, 2.45) is 0 Å². The first-order valence-electron chi connectivity index (χ1n) is 11.1. The Bertz CT molecular complexity index is 1060. The summed E-state index contributed by atoms with van der Waals surface area (Å²) in [5.41, 5.74) is 1.65. The number of ether oxygens (including phenoxy) is 1. The largest absolute Gasteiger partial charge is 0.493 e. The van der Waals surface area contributed by atoms with E-state index in [-0.39, 0.29) is 25.1 Å². The number of carboxylic acid groups (broad SMARTS) is 1. The molecular weight excluding hydrogens is 453 g/mol. The number of hydrogen-bond donors (Lipinski definition) is 1. The fourth-order valence-corrected chi connectivity index (χ4v) is 3.86. The summed E-state index contributed by atoms with van der Waals surface area (Å²) in [7, 11) is 0. The van der Waals surface area contributed by atoms with Gasteiger partial charge in [0.15, 0.2) is 6.04 Å². The van der Waals surface area contributed by atoms with E-state index in [1.807, 2.05) is 19.1 Å². The summed E-state index contributed by atoms with van der Waals surface area (Å²) in [5.74, 6) is -1.10. The average molecular weight is 480 g/mol. The lowest BCUT2D eigenvalue weighted by atomic mass is 9.92. The molecular formula is C24H27F3N2O5. The monoisotopic (exact) mass is 480 g/mol. The zero-order valence-corrected chi connectivity index (χ0v) is 19.0. The number of amides is 1. The SMILES string of the molecule is CCCC=Cc1nc(CCOc2ccc3c(c2)C(C(=O)O)N(C(=O)CC(F)(F)F)CC3)c(C)o1. The summed E-state index contributed by atoms with van der Waals surface area (Å²) in [5, 5.41) is 9.69. The molecule has 1 aromatic carbocycles. The number of fused-ring (bicyclic) bond motifs is 1. The fraction of sp³-hybridized carbons (Fsp3) is 0.458. The van der Waals surface area contributed by atoms with Crippen LogP contribution < -0.4 is 4.74 Å². The summed E-state index contributed by atoms with van der Waals surface area (Å²) in [4.78, 5) is 29.3. The highest BCUT2D eigenvalue weighted by atomic mass is 19.4. The van der Waals surface area contributed by atoms with Crippen molar-refractivity contribution in [2.75, 3.05) is 13.2 Å². The van der Waals surface area contributed by atoms with Gasteiger partial charge in [0.1, 0.15) is 17.9 Å². The van der Waals surface area contributed by atoms with Crippen molar-refractivity contribution in [3.63, 3.8) is 0 Å². The molecule has 1 unspecified atom stereocenters. The van der Waals surface area contributed by atoms with Gasteiger partial charge in [-0.15, -0.1) is 0 Å². The van der Waals surface area contributed by atoms with E-state index in [1.54, 1.807) is 12.1 Å². The Kier molecular flexibility index (Phi) is 8.01. The third-order valence-electron chi connectivity index (χ3n) is 5.48. The molecule has 1 aliphatic heterocycles. The predicted molar refractivity (Wildman–Crippen MR) is 117 cm³/mol. The maximum atomic E-state index is 12.7. The van der Waals surface area contributed by atoms with E-state index in [0.29, 0.717) is 29.4 Å². The molecule has 0 spiro atoms. The number of carboxylic acids is 1. The van der Waals surface area contributed by atoms with Gasteiger partial charge < -0.3 is 19.2 Å². The third-order valence-corrected chi connectivity index (χ3v) is 5.48. The zero-order valence-electron chi connectivity index (χ0n) is 19.0. The van der Waals surface area contributed by atoms with E-state index >= 15 is 0 Å². The summed E-state index contributed by atoms with van der Waals surface area (Å²) in [6.07, 6.45) is 0.0548. The molecule has 0 bridgehead atoms. The van der Waals surface area contributed by atoms with Gasteiger partial charge >= 0.3 is 12.1 Å². The Labute approximate surface area is 195 Å². The molecule has 1 amide bonds. The minimum absolute atomic E-state index is 0.0977. The van der Waals surface area contributed by atoms with E-state index in [9.17, 15) is 27.9 Å². The number of rotatable bonds is 9. The number of aromatic nitrogens is 1. The Morgan fingerprint density at radius 2 is 2.12 bits per heavy atom. The molecule has 0 saturated heterocycles. The summed E-state index contributed by atoms with van der Waals surface area (Å²) < 4.78 is 49.5. The van der Waals surface area contributed by atoms with Crippen LogP contribution in [0.2, 0.25) is 0 Å². The van der Waals surface area contributed by atoms with Gasteiger partial charge in [-0.1, -0.05) is 25.5 Å². The molecule has 1 aromatic heterocycles. The number of hydrogen-bond acceptors (Lipinski definition) is 5. The smallest absolute Gasteiger partial charge is 0.397 e. The van der Waals surface area contributed by atoms with E-state index in [2.05, 4.69) is 11.9 Å². The Morgan fingerprint density at radius 1 is 1.35 bits per heavy atom. The second kappa shape index (κ2) is 10.8. The van der Waals surface area contributed by atoms with Crippen LogP contribution in [0.4, 0.5) is 13.2 Å². The number of alkyl halides is 3. The van der Waals surface area contributed by atoms with Crippen molar-refractivity contribution < 1.29 is 37.0 Å². The molecule has 0 saturated carbocycles. The second-order valence-corrected chi connectivity index (χ2v) is 8.07. The highest BCUT2D eigenvalue weighted by Gasteiger charge is 2.40. The van der Waals surface area contributed by atoms with E-state index in [4.69, 9.17) is 9.15 Å². The van der Waals surface area contributed by atoms with Crippen LogP contribution in [0.15, 0.2) is 28.7 Å². The number of aryl methyl sites for hydroxylation is 1. The highest BCUT2D eigenvalue weighted by molar-refractivity contribution is 5.86. The lowest BCUT2D eigenvalue weighted by molar-refractivity contribution is -0.168. The first-order chi connectivity index (χ1) is 16.1. The number of unbranched alkanes of at least 4 members (excludes halogenated alkanes) is 1. The van der Waals surface area contributed by atoms with Crippen molar-refractivity contribution in [2.45, 2.75) is 58.2 Å². The molecule has 0 aliphatic carbocycles. The summed E-state index contributed by atoms with van der Waals surface area (Å²) in [6.45, 7) is 4.02. The number of nitrogens with zero attached hydrogens (tertiary/aromatic N) is 2. The average Bonchev–Trinajstić information content (AvgIpc) is 3.10. The molecule has 0 fully saturated rings. The fourth-order valence-electron chi connectivity index (χ4n) is 3.86. The molecule has 1 aliphatic rings. The lowest BCUT2D eigenvalue weighted by Crippen LogP contribution is -2.44. The topological polar surface area (TPSA) is 92.9 Å². The molecule has 184 valence electrons. The molecule has 1 atom stereocenters. The Balaban J connectivity index is 1.70. The minimum atomic E-state index is -4.71. The van der Waals surface area contributed by atoms with Crippen molar-refractivity contribution in [3.8, 4) is 5.75 Å². The van der Waals surface area contributed by atoms with Crippen molar-refractivity contribution in [1.29, 1.82) is 0 Å². The number of carbonyl (C=O) groups excluding carboxylic acids is 1. The van der Waals surface area contributed by atoms with Crippen molar-refractivity contribution in [1.82, 2.24) is 9.88 Å². The van der Waals surface area contributed by atoms with Gasteiger partial charge in [0, 0.05) is 13.0 Å². The minimum Gasteiger partial charge on any atom is -0.493 e. The first kappa shape index (κ1) is 25.3. The molecule has 2 heterocycles. The van der Waals surface area contributed by atoms with Crippen LogP contribution in [0.5, 0.6) is 5.75 Å². The normalized spacial score (nSPS) is 16.0. The van der Waals surface area contributed by atoms with Gasteiger partial charge in [-0.05, 0) is 49.1 Å². The van der Waals surface area contributed by atoms with Gasteiger partial charge in [-0.25, -0.2) is 9.78 Å². The maximum absolute atomic E-state index is 12.7. The number of halogens is 3. The number of allylic oxidation sites excluding steroid dienone is 1.